The number of hydrogen-bond donors (Lipinski definition) is 2. The van der Waals surface area contributed by atoms with Crippen molar-refractivity contribution in [3.8, 4) is 0 Å². The third-order valence-corrected chi connectivity index (χ3v) is 3.58. The van der Waals surface area contributed by atoms with E-state index in [-0.39, 0.29) is 6.54 Å². The largest absolute Gasteiger partial charge is 0.480 e. The zero-order chi connectivity index (χ0) is 13.9. The Kier molecular flexibility index (Phi) is 4.44. The lowest BCUT2D eigenvalue weighted by Crippen LogP contribution is -2.42. The Morgan fingerprint density at radius 3 is 2.22 bits per heavy atom. The van der Waals surface area contributed by atoms with Crippen LogP contribution in [0.3, 0.4) is 0 Å². The molecule has 1 atom stereocenters. The minimum absolute atomic E-state index is 0.188. The Labute approximate surface area is 106 Å². The highest BCUT2D eigenvalue weighted by molar-refractivity contribution is 7.83. The van der Waals surface area contributed by atoms with Crippen molar-refractivity contribution in [3.05, 3.63) is 35.4 Å². The summed E-state index contributed by atoms with van der Waals surface area (Å²) < 4.78 is 31.9. The Morgan fingerprint density at radius 1 is 1.33 bits per heavy atom. The van der Waals surface area contributed by atoms with Gasteiger partial charge >= 0.3 is 16.3 Å². The zero-order valence-electron chi connectivity index (χ0n) is 10.1. The first-order valence-corrected chi connectivity index (χ1v) is 6.64. The van der Waals surface area contributed by atoms with E-state index < -0.39 is 22.3 Å². The van der Waals surface area contributed by atoms with Gasteiger partial charge in [-0.25, -0.2) is 0 Å². The number of carboxylic acid groups (broad SMARTS) is 1. The average Bonchev–Trinajstić information content (AvgIpc) is 2.25. The number of rotatable bonds is 5. The molecule has 18 heavy (non-hydrogen) atoms. The van der Waals surface area contributed by atoms with Gasteiger partial charge in [0.15, 0.2) is 0 Å². The normalized spacial score (nSPS) is 13.6. The average molecular weight is 273 g/mol. The van der Waals surface area contributed by atoms with Crippen molar-refractivity contribution in [2.45, 2.75) is 26.4 Å². The molecule has 0 aromatic heterocycles. The smallest absolute Gasteiger partial charge is 0.337 e. The summed E-state index contributed by atoms with van der Waals surface area (Å²) in [6.45, 7) is 2.89. The second-order valence-electron chi connectivity index (χ2n) is 4.02. The lowest BCUT2D eigenvalue weighted by atomic mass is 10.1. The SMILES string of the molecule is Cc1ccc(CN([C@@H](C)C(=O)O)S(=O)(=O)O)cc1. The Morgan fingerprint density at radius 2 is 1.83 bits per heavy atom. The first kappa shape index (κ1) is 14.6. The van der Waals surface area contributed by atoms with Crippen LogP contribution in [-0.4, -0.2) is 34.4 Å². The molecule has 0 unspecified atom stereocenters. The van der Waals surface area contributed by atoms with Crippen LogP contribution in [0, 0.1) is 6.92 Å². The van der Waals surface area contributed by atoms with Crippen molar-refractivity contribution in [3.63, 3.8) is 0 Å². The van der Waals surface area contributed by atoms with E-state index in [1.165, 1.54) is 6.92 Å². The molecule has 0 heterocycles. The lowest BCUT2D eigenvalue weighted by molar-refractivity contribution is -0.141. The predicted octanol–water partition coefficient (Wildman–Crippen LogP) is 1.07. The minimum atomic E-state index is -4.56. The van der Waals surface area contributed by atoms with Crippen molar-refractivity contribution in [1.29, 1.82) is 0 Å². The second-order valence-corrected chi connectivity index (χ2v) is 5.39. The van der Waals surface area contributed by atoms with Gasteiger partial charge in [0.05, 0.1) is 0 Å². The van der Waals surface area contributed by atoms with Gasteiger partial charge < -0.3 is 5.11 Å². The van der Waals surface area contributed by atoms with Gasteiger partial charge in [0.1, 0.15) is 6.04 Å². The molecular formula is C11H15NO5S. The summed E-state index contributed by atoms with van der Waals surface area (Å²) in [6.07, 6.45) is 0. The topological polar surface area (TPSA) is 94.9 Å². The number of carbonyl (C=O) groups is 1. The van der Waals surface area contributed by atoms with Crippen molar-refractivity contribution >= 4 is 16.3 Å². The molecule has 0 aliphatic rings. The molecule has 0 aliphatic carbocycles. The van der Waals surface area contributed by atoms with Crippen LogP contribution in [0.25, 0.3) is 0 Å². The van der Waals surface area contributed by atoms with E-state index in [1.807, 2.05) is 6.92 Å². The molecule has 0 saturated heterocycles. The summed E-state index contributed by atoms with van der Waals surface area (Å²) in [6, 6.07) is 5.59. The van der Waals surface area contributed by atoms with Crippen LogP contribution in [0.4, 0.5) is 0 Å². The molecule has 6 nitrogen and oxygen atoms in total. The monoisotopic (exact) mass is 273 g/mol. The van der Waals surface area contributed by atoms with Crippen LogP contribution < -0.4 is 0 Å². The lowest BCUT2D eigenvalue weighted by Gasteiger charge is -2.22. The van der Waals surface area contributed by atoms with Crippen LogP contribution in [-0.2, 0) is 21.6 Å². The minimum Gasteiger partial charge on any atom is -0.480 e. The maximum absolute atomic E-state index is 11.2. The predicted molar refractivity (Wildman–Crippen MR) is 65.4 cm³/mol. The number of aryl methyl sites for hydroxylation is 1. The van der Waals surface area contributed by atoms with E-state index in [4.69, 9.17) is 9.66 Å². The number of aliphatic carboxylic acids is 1. The summed E-state index contributed by atoms with van der Waals surface area (Å²) in [5.41, 5.74) is 1.61. The van der Waals surface area contributed by atoms with Gasteiger partial charge in [-0.3, -0.25) is 9.35 Å². The van der Waals surface area contributed by atoms with Crippen LogP contribution in [0.5, 0.6) is 0 Å². The van der Waals surface area contributed by atoms with Crippen LogP contribution in [0.1, 0.15) is 18.1 Å². The van der Waals surface area contributed by atoms with E-state index in [0.717, 1.165) is 5.56 Å². The van der Waals surface area contributed by atoms with Gasteiger partial charge in [-0.15, -0.1) is 0 Å². The van der Waals surface area contributed by atoms with Gasteiger partial charge in [0, 0.05) is 6.54 Å². The van der Waals surface area contributed by atoms with Crippen molar-refractivity contribution in [2.75, 3.05) is 0 Å². The fraction of sp³-hybridized carbons (Fsp3) is 0.364. The fourth-order valence-electron chi connectivity index (χ4n) is 1.41. The summed E-state index contributed by atoms with van der Waals surface area (Å²) in [4.78, 5) is 10.8. The molecule has 0 bridgehead atoms. The Bertz CT molecular complexity index is 523. The molecule has 2 N–H and O–H groups in total. The number of benzene rings is 1. The summed E-state index contributed by atoms with van der Waals surface area (Å²) >= 11 is 0. The van der Waals surface area contributed by atoms with E-state index in [1.54, 1.807) is 24.3 Å². The quantitative estimate of drug-likeness (QED) is 0.782. The van der Waals surface area contributed by atoms with E-state index in [0.29, 0.717) is 9.87 Å². The van der Waals surface area contributed by atoms with Crippen LogP contribution in [0.2, 0.25) is 0 Å². The Balaban J connectivity index is 3.00. The summed E-state index contributed by atoms with van der Waals surface area (Å²) in [5, 5.41) is 8.82. The zero-order valence-corrected chi connectivity index (χ0v) is 10.9. The molecule has 0 fully saturated rings. The molecule has 0 amide bonds. The molecule has 1 aromatic carbocycles. The third-order valence-electron chi connectivity index (χ3n) is 2.54. The Hall–Kier alpha value is -1.44. The molecule has 100 valence electrons. The van der Waals surface area contributed by atoms with Crippen molar-refractivity contribution in [1.82, 2.24) is 4.31 Å². The molecule has 7 heteroatoms. The summed E-state index contributed by atoms with van der Waals surface area (Å²) in [5.74, 6) is -1.32. The van der Waals surface area contributed by atoms with E-state index in [2.05, 4.69) is 0 Å². The van der Waals surface area contributed by atoms with Crippen molar-refractivity contribution < 1.29 is 22.9 Å². The van der Waals surface area contributed by atoms with Crippen LogP contribution >= 0.6 is 0 Å². The maximum Gasteiger partial charge on any atom is 0.337 e. The second kappa shape index (κ2) is 5.47. The molecule has 0 radical (unpaired) electrons. The standard InChI is InChI=1S/C11H15NO5S/c1-8-3-5-10(6-4-8)7-12(18(15,16)17)9(2)11(13)14/h3-6,9H,7H2,1-2H3,(H,13,14)(H,15,16,17)/t9-/m0/s1. The molecule has 0 aliphatic heterocycles. The van der Waals surface area contributed by atoms with Crippen LogP contribution in [0.15, 0.2) is 24.3 Å². The fourth-order valence-corrected chi connectivity index (χ4v) is 2.22. The molecule has 0 spiro atoms. The highest BCUT2D eigenvalue weighted by Gasteiger charge is 2.30. The highest BCUT2D eigenvalue weighted by Crippen LogP contribution is 2.13. The molecule has 1 rings (SSSR count). The first-order chi connectivity index (χ1) is 8.21. The van der Waals surface area contributed by atoms with Gasteiger partial charge in [0.25, 0.3) is 0 Å². The van der Waals surface area contributed by atoms with Gasteiger partial charge in [0.2, 0.25) is 0 Å². The summed E-state index contributed by atoms with van der Waals surface area (Å²) in [7, 11) is -4.56. The number of carboxylic acids is 1. The van der Waals surface area contributed by atoms with Gasteiger partial charge in [-0.1, -0.05) is 29.8 Å². The van der Waals surface area contributed by atoms with E-state index in [9.17, 15) is 13.2 Å². The maximum atomic E-state index is 11.2. The highest BCUT2D eigenvalue weighted by atomic mass is 32.2. The van der Waals surface area contributed by atoms with E-state index >= 15 is 0 Å². The van der Waals surface area contributed by atoms with Gasteiger partial charge in [-0.2, -0.15) is 12.7 Å². The molecular weight excluding hydrogens is 258 g/mol. The van der Waals surface area contributed by atoms with Crippen molar-refractivity contribution in [2.24, 2.45) is 0 Å². The molecule has 1 aromatic rings. The molecule has 0 saturated carbocycles. The number of hydrogen-bond acceptors (Lipinski definition) is 3. The van der Waals surface area contributed by atoms with Gasteiger partial charge in [-0.05, 0) is 19.4 Å². The number of nitrogens with zero attached hydrogens (tertiary/aromatic N) is 1. The first-order valence-electron chi connectivity index (χ1n) is 5.24. The third kappa shape index (κ3) is 3.80.